The zero-order chi connectivity index (χ0) is 13.3. The molecule has 0 amide bonds. The van der Waals surface area contributed by atoms with Crippen molar-refractivity contribution in [2.24, 2.45) is 0 Å². The van der Waals surface area contributed by atoms with Gasteiger partial charge in [-0.15, -0.1) is 0 Å². The number of aryl methyl sites for hydroxylation is 1. The Kier molecular flexibility index (Phi) is 3.26. The van der Waals surface area contributed by atoms with Gasteiger partial charge in [-0.25, -0.2) is 15.0 Å². The van der Waals surface area contributed by atoms with E-state index < -0.39 is 0 Å². The van der Waals surface area contributed by atoms with Crippen LogP contribution in [0.4, 0.5) is 0 Å². The van der Waals surface area contributed by atoms with E-state index >= 15 is 0 Å². The van der Waals surface area contributed by atoms with Crippen LogP contribution in [0, 0.1) is 11.6 Å². The van der Waals surface area contributed by atoms with Gasteiger partial charge in [-0.1, -0.05) is 33.0 Å². The van der Waals surface area contributed by atoms with Gasteiger partial charge in [-0.2, -0.15) is 0 Å². The van der Waals surface area contributed by atoms with Crippen LogP contribution in [0.25, 0.3) is 11.6 Å². The second-order valence-corrected chi connectivity index (χ2v) is 5.73. The smallest absolute Gasteiger partial charge is 0.195 e. The van der Waals surface area contributed by atoms with Gasteiger partial charge >= 0.3 is 0 Å². The molecule has 0 saturated carbocycles. The Morgan fingerprint density at radius 2 is 1.78 bits per heavy atom. The number of nitrogens with one attached hydrogen (secondary N) is 1. The highest BCUT2D eigenvalue weighted by atomic mass is 32.1. The number of hydrogen-bond acceptors (Lipinski definition) is 4. The fourth-order valence-electron chi connectivity index (χ4n) is 1.48. The van der Waals surface area contributed by atoms with Gasteiger partial charge in [0.05, 0.1) is 0 Å². The highest BCUT2D eigenvalue weighted by Crippen LogP contribution is 2.21. The zero-order valence-corrected chi connectivity index (χ0v) is 11.8. The summed E-state index contributed by atoms with van der Waals surface area (Å²) in [6.07, 6.45) is 3.54. The predicted octanol–water partition coefficient (Wildman–Crippen LogP) is 3.20. The molecule has 2 rings (SSSR count). The van der Waals surface area contributed by atoms with Gasteiger partial charge in [0.1, 0.15) is 4.64 Å². The summed E-state index contributed by atoms with van der Waals surface area (Å²) in [4.78, 5) is 16.1. The molecule has 5 heteroatoms. The number of hydrogen-bond donors (Lipinski definition) is 1. The van der Waals surface area contributed by atoms with Gasteiger partial charge in [0, 0.05) is 23.5 Å². The zero-order valence-electron chi connectivity index (χ0n) is 11.0. The minimum absolute atomic E-state index is 0.0179. The van der Waals surface area contributed by atoms with Gasteiger partial charge in [-0.3, -0.25) is 0 Å². The molecule has 2 heterocycles. The molecule has 0 radical (unpaired) electrons. The first-order valence-corrected chi connectivity index (χ1v) is 6.18. The lowest BCUT2D eigenvalue weighted by atomic mass is 9.92. The molecule has 2 aromatic rings. The summed E-state index contributed by atoms with van der Waals surface area (Å²) in [6, 6.07) is 1.88. The van der Waals surface area contributed by atoms with E-state index in [9.17, 15) is 0 Å². The molecule has 0 fully saturated rings. The van der Waals surface area contributed by atoms with E-state index in [-0.39, 0.29) is 5.41 Å². The number of nitrogens with zero attached hydrogens (tertiary/aromatic N) is 3. The minimum Gasteiger partial charge on any atom is -0.340 e. The van der Waals surface area contributed by atoms with Crippen molar-refractivity contribution in [2.45, 2.75) is 33.1 Å². The third kappa shape index (κ3) is 2.79. The van der Waals surface area contributed by atoms with Crippen molar-refractivity contribution in [1.29, 1.82) is 0 Å². The first-order chi connectivity index (χ1) is 8.36. The van der Waals surface area contributed by atoms with Crippen molar-refractivity contribution in [3.05, 3.63) is 34.4 Å². The van der Waals surface area contributed by atoms with Crippen molar-refractivity contribution in [3.63, 3.8) is 0 Å². The summed E-state index contributed by atoms with van der Waals surface area (Å²) in [5.41, 5.74) is 2.03. The van der Waals surface area contributed by atoms with Crippen LogP contribution in [-0.2, 0) is 5.41 Å². The fraction of sp³-hybridized carbons (Fsp3) is 0.385. The maximum atomic E-state index is 5.20. The predicted molar refractivity (Wildman–Crippen MR) is 73.9 cm³/mol. The van der Waals surface area contributed by atoms with Crippen LogP contribution in [0.5, 0.6) is 0 Å². The molecule has 2 aromatic heterocycles. The molecule has 0 spiro atoms. The molecule has 1 N–H and O–H groups in total. The summed E-state index contributed by atoms with van der Waals surface area (Å²) < 4.78 is 0.554. The van der Waals surface area contributed by atoms with E-state index in [1.165, 1.54) is 0 Å². The molecule has 0 aliphatic carbocycles. The average molecular weight is 260 g/mol. The molecule has 0 bridgehead atoms. The van der Waals surface area contributed by atoms with Crippen molar-refractivity contribution < 1.29 is 0 Å². The Labute approximate surface area is 112 Å². The van der Waals surface area contributed by atoms with Crippen LogP contribution < -0.4 is 0 Å². The number of rotatable bonds is 1. The molecule has 4 nitrogen and oxygen atoms in total. The second kappa shape index (κ2) is 4.57. The summed E-state index contributed by atoms with van der Waals surface area (Å²) in [5.74, 6) is 1.19. The maximum absolute atomic E-state index is 5.20. The third-order valence-corrected chi connectivity index (χ3v) is 2.75. The Hall–Kier alpha value is -1.62. The first-order valence-electron chi connectivity index (χ1n) is 5.77. The monoisotopic (exact) mass is 260 g/mol. The van der Waals surface area contributed by atoms with Crippen LogP contribution >= 0.6 is 12.2 Å². The molecule has 0 saturated heterocycles. The van der Waals surface area contributed by atoms with Crippen LogP contribution in [0.1, 0.15) is 32.0 Å². The van der Waals surface area contributed by atoms with Gasteiger partial charge in [0.2, 0.25) is 0 Å². The van der Waals surface area contributed by atoms with E-state index in [1.54, 1.807) is 12.4 Å². The first kappa shape index (κ1) is 12.8. The lowest BCUT2D eigenvalue weighted by Crippen LogP contribution is -2.14. The number of aromatic amines is 1. The minimum atomic E-state index is -0.0179. The average Bonchev–Trinajstić information content (AvgIpc) is 2.28. The standard InChI is InChI=1S/C13H16N4S/c1-8-6-14-11(15-7-8)12-16-9(13(2,3)4)5-10(18)17-12/h5-7H,1-4H3,(H,16,17,18). The molecule has 94 valence electrons. The summed E-state index contributed by atoms with van der Waals surface area (Å²) in [7, 11) is 0. The van der Waals surface area contributed by atoms with E-state index in [1.807, 2.05) is 13.0 Å². The summed E-state index contributed by atoms with van der Waals surface area (Å²) in [5, 5.41) is 0. The Balaban J connectivity index is 2.55. The molecule has 0 unspecified atom stereocenters. The van der Waals surface area contributed by atoms with E-state index in [2.05, 4.69) is 40.7 Å². The summed E-state index contributed by atoms with van der Waals surface area (Å²) in [6.45, 7) is 8.30. The molecule has 18 heavy (non-hydrogen) atoms. The van der Waals surface area contributed by atoms with Crippen LogP contribution in [0.2, 0.25) is 0 Å². The molecule has 0 atom stereocenters. The Morgan fingerprint density at radius 1 is 1.17 bits per heavy atom. The lowest BCUT2D eigenvalue weighted by Gasteiger charge is -2.19. The van der Waals surface area contributed by atoms with Crippen LogP contribution in [0.3, 0.4) is 0 Å². The van der Waals surface area contributed by atoms with Crippen molar-refractivity contribution in [3.8, 4) is 11.6 Å². The van der Waals surface area contributed by atoms with Crippen LogP contribution in [-0.4, -0.2) is 19.9 Å². The van der Waals surface area contributed by atoms with Crippen molar-refractivity contribution >= 4 is 12.2 Å². The van der Waals surface area contributed by atoms with Crippen LogP contribution in [0.15, 0.2) is 18.5 Å². The van der Waals surface area contributed by atoms with Crippen molar-refractivity contribution in [1.82, 2.24) is 19.9 Å². The SMILES string of the molecule is Cc1cnc(-c2nc(=S)cc(C(C)(C)C)[nH]2)nc1. The maximum Gasteiger partial charge on any atom is 0.195 e. The van der Waals surface area contributed by atoms with Gasteiger partial charge in [0.15, 0.2) is 11.6 Å². The van der Waals surface area contributed by atoms with Gasteiger partial charge in [-0.05, 0) is 18.6 Å². The largest absolute Gasteiger partial charge is 0.340 e. The molecular weight excluding hydrogens is 244 g/mol. The Morgan fingerprint density at radius 3 is 2.33 bits per heavy atom. The lowest BCUT2D eigenvalue weighted by molar-refractivity contribution is 0.567. The number of H-pyrrole nitrogens is 1. The topological polar surface area (TPSA) is 54.5 Å². The Bertz CT molecular complexity index is 608. The van der Waals surface area contributed by atoms with Crippen molar-refractivity contribution in [2.75, 3.05) is 0 Å². The summed E-state index contributed by atoms with van der Waals surface area (Å²) >= 11 is 5.20. The molecule has 0 aromatic carbocycles. The quantitative estimate of drug-likeness (QED) is 0.800. The fourth-order valence-corrected chi connectivity index (χ4v) is 1.69. The second-order valence-electron chi connectivity index (χ2n) is 5.32. The normalized spacial score (nSPS) is 11.6. The molecular formula is C13H16N4S. The highest BCUT2D eigenvalue weighted by Gasteiger charge is 2.16. The van der Waals surface area contributed by atoms with E-state index in [4.69, 9.17) is 12.2 Å². The molecule has 0 aliphatic heterocycles. The number of aromatic nitrogens is 4. The molecule has 0 aliphatic rings. The van der Waals surface area contributed by atoms with E-state index in [0.717, 1.165) is 11.3 Å². The highest BCUT2D eigenvalue weighted by molar-refractivity contribution is 7.71. The van der Waals surface area contributed by atoms with Gasteiger partial charge < -0.3 is 4.98 Å². The third-order valence-electron chi connectivity index (χ3n) is 2.54. The van der Waals surface area contributed by atoms with E-state index in [0.29, 0.717) is 16.3 Å². The van der Waals surface area contributed by atoms with Gasteiger partial charge in [0.25, 0.3) is 0 Å².